The summed E-state index contributed by atoms with van der Waals surface area (Å²) in [7, 11) is 0. The lowest BCUT2D eigenvalue weighted by Crippen LogP contribution is -2.47. The number of rotatable bonds is 8. The van der Waals surface area contributed by atoms with Gasteiger partial charge in [0.1, 0.15) is 18.0 Å². The van der Waals surface area contributed by atoms with Crippen molar-refractivity contribution < 1.29 is 27.5 Å². The molecule has 1 aliphatic rings. The number of aliphatic hydroxyl groups excluding tert-OH is 1. The third-order valence-electron chi connectivity index (χ3n) is 5.49. The van der Waals surface area contributed by atoms with Crippen molar-refractivity contribution in [2.75, 3.05) is 23.7 Å². The highest BCUT2D eigenvalue weighted by Gasteiger charge is 2.49. The molecule has 1 aliphatic carbocycles. The Morgan fingerprint density at radius 1 is 1.21 bits per heavy atom. The second kappa shape index (κ2) is 9.82. The molecular formula is C22H23F4N5O2S. The molecule has 1 unspecified atom stereocenters. The molecule has 2 atom stereocenters. The van der Waals surface area contributed by atoms with Gasteiger partial charge in [-0.15, -0.1) is 0 Å². The molecule has 5 N–H and O–H groups in total. The van der Waals surface area contributed by atoms with E-state index in [1.165, 1.54) is 47.4 Å². The zero-order chi connectivity index (χ0) is 24.5. The second-order valence-corrected chi connectivity index (χ2v) is 9.05. The van der Waals surface area contributed by atoms with Gasteiger partial charge in [-0.3, -0.25) is 10.2 Å². The number of aliphatic hydroxyl groups is 1. The number of hydrogen-bond donors (Lipinski definition) is 4. The van der Waals surface area contributed by atoms with Crippen molar-refractivity contribution in [3.63, 3.8) is 0 Å². The molecule has 4 rings (SSSR count). The average molecular weight is 498 g/mol. The number of nitrogens with two attached hydrogens (primary N) is 1. The molecule has 0 bridgehead atoms. The zero-order valence-corrected chi connectivity index (χ0v) is 18.7. The Morgan fingerprint density at radius 2 is 1.91 bits per heavy atom. The standard InChI is InChI=1S/C22H23F4N5O2S/c23-13-2-4-14(5-3-13)28-20(33)30-21-29-16-8-1-12(11-17(16)34-21)18(22(24,25)26)19(32)31(10-9-27)15-6-7-15/h1-5,8,11,15,18-19,32H,6-7,9-10,27H2,(H2,28,29,30,33)/t18-,19?/m1/s1. The zero-order valence-electron chi connectivity index (χ0n) is 17.8. The molecule has 1 heterocycles. The highest BCUT2D eigenvalue weighted by atomic mass is 32.1. The van der Waals surface area contributed by atoms with Crippen LogP contribution in [0.5, 0.6) is 0 Å². The predicted molar refractivity (Wildman–Crippen MR) is 122 cm³/mol. The fourth-order valence-corrected chi connectivity index (χ4v) is 4.70. The lowest BCUT2D eigenvalue weighted by Gasteiger charge is -2.34. The van der Waals surface area contributed by atoms with Gasteiger partial charge in [-0.05, 0) is 54.8 Å². The number of anilines is 2. The lowest BCUT2D eigenvalue weighted by atomic mass is 9.95. The molecule has 34 heavy (non-hydrogen) atoms. The van der Waals surface area contributed by atoms with E-state index in [2.05, 4.69) is 15.6 Å². The number of aromatic nitrogens is 1. The molecule has 1 fully saturated rings. The SMILES string of the molecule is NCCN(C1CC1)C(O)[C@@H](c1ccc2nc(NC(=O)Nc3ccc(F)cc3)sc2c1)C(F)(F)F. The van der Waals surface area contributed by atoms with Crippen molar-refractivity contribution in [1.82, 2.24) is 9.88 Å². The van der Waals surface area contributed by atoms with E-state index >= 15 is 0 Å². The summed E-state index contributed by atoms with van der Waals surface area (Å²) in [6.45, 7) is 0.305. The van der Waals surface area contributed by atoms with Crippen LogP contribution in [0, 0.1) is 5.82 Å². The van der Waals surface area contributed by atoms with Crippen LogP contribution < -0.4 is 16.4 Å². The molecule has 0 aliphatic heterocycles. The summed E-state index contributed by atoms with van der Waals surface area (Å²) in [5.41, 5.74) is 6.23. The van der Waals surface area contributed by atoms with Crippen molar-refractivity contribution in [3.8, 4) is 0 Å². The maximum absolute atomic E-state index is 14.0. The van der Waals surface area contributed by atoms with Gasteiger partial charge in [0.25, 0.3) is 0 Å². The first-order valence-electron chi connectivity index (χ1n) is 10.6. The average Bonchev–Trinajstić information content (AvgIpc) is 3.52. The van der Waals surface area contributed by atoms with Crippen LogP contribution in [0.2, 0.25) is 0 Å². The number of benzene rings is 2. The Hall–Kier alpha value is -2.80. The maximum Gasteiger partial charge on any atom is 0.399 e. The molecule has 3 aromatic rings. The van der Waals surface area contributed by atoms with E-state index < -0.39 is 30.2 Å². The Labute approximate surface area is 196 Å². The molecule has 0 saturated heterocycles. The number of hydrogen-bond acceptors (Lipinski definition) is 6. The number of thiazole rings is 1. The topological polar surface area (TPSA) is 104 Å². The number of carbonyl (C=O) groups excluding carboxylic acids is 1. The number of nitrogens with zero attached hydrogens (tertiary/aromatic N) is 2. The first-order chi connectivity index (χ1) is 16.2. The van der Waals surface area contributed by atoms with Crippen LogP contribution in [0.25, 0.3) is 10.2 Å². The Balaban J connectivity index is 1.54. The third kappa shape index (κ3) is 5.63. The molecule has 182 valence electrons. The van der Waals surface area contributed by atoms with Crippen molar-refractivity contribution in [1.29, 1.82) is 0 Å². The normalized spacial score (nSPS) is 16.0. The number of amides is 2. The van der Waals surface area contributed by atoms with Crippen LogP contribution in [0.15, 0.2) is 42.5 Å². The van der Waals surface area contributed by atoms with E-state index in [1.807, 2.05) is 0 Å². The fraction of sp³-hybridized carbons (Fsp3) is 0.364. The molecule has 12 heteroatoms. The van der Waals surface area contributed by atoms with Crippen LogP contribution in [0.4, 0.5) is 33.2 Å². The van der Waals surface area contributed by atoms with Crippen LogP contribution >= 0.6 is 11.3 Å². The smallest absolute Gasteiger partial charge is 0.377 e. The van der Waals surface area contributed by atoms with Gasteiger partial charge in [-0.1, -0.05) is 17.4 Å². The number of carbonyl (C=O) groups is 1. The summed E-state index contributed by atoms with van der Waals surface area (Å²) in [6, 6.07) is 8.48. The third-order valence-corrected chi connectivity index (χ3v) is 6.42. The number of nitrogens with one attached hydrogen (secondary N) is 2. The lowest BCUT2D eigenvalue weighted by molar-refractivity contribution is -0.195. The van der Waals surface area contributed by atoms with Gasteiger partial charge < -0.3 is 16.2 Å². The van der Waals surface area contributed by atoms with E-state index in [-0.39, 0.29) is 29.8 Å². The van der Waals surface area contributed by atoms with E-state index in [9.17, 15) is 27.5 Å². The Bertz CT molecular complexity index is 1150. The van der Waals surface area contributed by atoms with Crippen molar-refractivity contribution in [2.45, 2.75) is 37.2 Å². The molecule has 0 spiro atoms. The quantitative estimate of drug-likeness (QED) is 0.272. The van der Waals surface area contributed by atoms with E-state index in [4.69, 9.17) is 5.73 Å². The number of urea groups is 1. The van der Waals surface area contributed by atoms with Gasteiger partial charge in [0.15, 0.2) is 5.13 Å². The molecule has 2 amide bonds. The first kappa shape index (κ1) is 24.3. The second-order valence-electron chi connectivity index (χ2n) is 8.02. The van der Waals surface area contributed by atoms with Crippen LogP contribution in [0.3, 0.4) is 0 Å². The predicted octanol–water partition coefficient (Wildman–Crippen LogP) is 4.47. The summed E-state index contributed by atoms with van der Waals surface area (Å²) >= 11 is 1.00. The van der Waals surface area contributed by atoms with Gasteiger partial charge in [0, 0.05) is 24.8 Å². The molecule has 1 aromatic heterocycles. The van der Waals surface area contributed by atoms with E-state index in [1.54, 1.807) is 0 Å². The minimum Gasteiger partial charge on any atom is -0.377 e. The maximum atomic E-state index is 14.0. The minimum absolute atomic E-state index is 0.0962. The van der Waals surface area contributed by atoms with Gasteiger partial charge in [-0.2, -0.15) is 13.2 Å². The molecule has 2 aromatic carbocycles. The highest BCUT2D eigenvalue weighted by Crippen LogP contribution is 2.42. The molecular weight excluding hydrogens is 474 g/mol. The minimum atomic E-state index is -4.68. The van der Waals surface area contributed by atoms with Gasteiger partial charge >= 0.3 is 12.2 Å². The Kier molecular flexibility index (Phi) is 7.03. The highest BCUT2D eigenvalue weighted by molar-refractivity contribution is 7.22. The summed E-state index contributed by atoms with van der Waals surface area (Å²) in [5, 5.41) is 15.9. The first-order valence-corrected chi connectivity index (χ1v) is 11.4. The summed E-state index contributed by atoms with van der Waals surface area (Å²) in [5.74, 6) is -2.57. The number of fused-ring (bicyclic) bond motifs is 1. The van der Waals surface area contributed by atoms with Gasteiger partial charge in [-0.25, -0.2) is 14.2 Å². The largest absolute Gasteiger partial charge is 0.399 e. The van der Waals surface area contributed by atoms with Crippen LogP contribution in [-0.2, 0) is 0 Å². The van der Waals surface area contributed by atoms with Crippen LogP contribution in [0.1, 0.15) is 24.3 Å². The molecule has 7 nitrogen and oxygen atoms in total. The van der Waals surface area contributed by atoms with E-state index in [0.29, 0.717) is 15.9 Å². The summed E-state index contributed by atoms with van der Waals surface area (Å²) in [6.07, 6.45) is -4.99. The van der Waals surface area contributed by atoms with Crippen molar-refractivity contribution >= 4 is 38.4 Å². The van der Waals surface area contributed by atoms with Gasteiger partial charge in [0.2, 0.25) is 0 Å². The van der Waals surface area contributed by atoms with Crippen molar-refractivity contribution in [3.05, 3.63) is 53.8 Å². The summed E-state index contributed by atoms with van der Waals surface area (Å²) < 4.78 is 55.5. The number of halogens is 4. The number of alkyl halides is 3. The van der Waals surface area contributed by atoms with Crippen molar-refractivity contribution in [2.24, 2.45) is 5.73 Å². The van der Waals surface area contributed by atoms with Gasteiger partial charge in [0.05, 0.1) is 10.2 Å². The summed E-state index contributed by atoms with van der Waals surface area (Å²) in [4.78, 5) is 17.9. The molecule has 1 saturated carbocycles. The fourth-order valence-electron chi connectivity index (χ4n) is 3.79. The monoisotopic (exact) mass is 497 g/mol. The van der Waals surface area contributed by atoms with E-state index in [0.717, 1.165) is 24.2 Å². The van der Waals surface area contributed by atoms with Crippen LogP contribution in [-0.4, -0.2) is 52.6 Å². The molecule has 0 radical (unpaired) electrons. The Morgan fingerprint density at radius 3 is 2.53 bits per heavy atom.